The first-order valence-corrected chi connectivity index (χ1v) is 11.9. The monoisotopic (exact) mass is 458 g/mol. The van der Waals surface area contributed by atoms with Crippen molar-refractivity contribution in [3.8, 4) is 0 Å². The van der Waals surface area contributed by atoms with E-state index in [1.807, 2.05) is 0 Å². The standard InChI is InChI=1S/C21H22N4O4S2/c1-29-21(28)23-13-8-6-12(7-9-13)22-17(26)11-30-10-16-24-19(27)18-14-4-2-3-5-15(14)31-20(18)25-16/h6-9H,2-5,10-11H2,1H3,(H,22,26)(H,23,28)(H,24,25,27). The fourth-order valence-electron chi connectivity index (χ4n) is 3.52. The normalized spacial score (nSPS) is 12.9. The Morgan fingerprint density at radius 1 is 1.16 bits per heavy atom. The van der Waals surface area contributed by atoms with Crippen molar-refractivity contribution in [2.24, 2.45) is 0 Å². The highest BCUT2D eigenvalue weighted by Crippen LogP contribution is 2.33. The molecule has 1 aliphatic rings. The van der Waals surface area contributed by atoms with E-state index in [0.29, 0.717) is 23.0 Å². The second kappa shape index (κ2) is 9.52. The van der Waals surface area contributed by atoms with Crippen LogP contribution in [0.15, 0.2) is 29.1 Å². The number of ether oxygens (including phenoxy) is 1. The summed E-state index contributed by atoms with van der Waals surface area (Å²) in [5, 5.41) is 6.09. The van der Waals surface area contributed by atoms with E-state index in [9.17, 15) is 14.4 Å². The van der Waals surface area contributed by atoms with Crippen molar-refractivity contribution >= 4 is 56.7 Å². The number of nitrogens with one attached hydrogen (secondary N) is 3. The van der Waals surface area contributed by atoms with Crippen LogP contribution in [0.3, 0.4) is 0 Å². The number of amides is 2. The Morgan fingerprint density at radius 2 is 1.87 bits per heavy atom. The summed E-state index contributed by atoms with van der Waals surface area (Å²) in [6.07, 6.45) is 3.71. The Hall–Kier alpha value is -2.85. The summed E-state index contributed by atoms with van der Waals surface area (Å²) in [7, 11) is 1.29. The number of hydrogen-bond donors (Lipinski definition) is 3. The number of benzene rings is 1. The smallest absolute Gasteiger partial charge is 0.411 e. The molecule has 0 bridgehead atoms. The van der Waals surface area contributed by atoms with Gasteiger partial charge in [0.1, 0.15) is 10.7 Å². The molecule has 162 valence electrons. The lowest BCUT2D eigenvalue weighted by Crippen LogP contribution is -2.16. The highest BCUT2D eigenvalue weighted by molar-refractivity contribution is 7.99. The van der Waals surface area contributed by atoms with E-state index in [1.54, 1.807) is 35.6 Å². The first-order chi connectivity index (χ1) is 15.0. The van der Waals surface area contributed by atoms with E-state index in [1.165, 1.54) is 35.7 Å². The van der Waals surface area contributed by atoms with Gasteiger partial charge in [0.2, 0.25) is 5.91 Å². The third kappa shape index (κ3) is 5.08. The zero-order chi connectivity index (χ0) is 21.8. The molecule has 1 aromatic carbocycles. The molecule has 2 amide bonds. The molecule has 0 saturated carbocycles. The van der Waals surface area contributed by atoms with Gasteiger partial charge in [0.05, 0.1) is 24.0 Å². The molecule has 0 unspecified atom stereocenters. The van der Waals surface area contributed by atoms with E-state index >= 15 is 0 Å². The number of fused-ring (bicyclic) bond motifs is 3. The third-order valence-electron chi connectivity index (χ3n) is 4.95. The van der Waals surface area contributed by atoms with E-state index in [2.05, 4.69) is 25.3 Å². The summed E-state index contributed by atoms with van der Waals surface area (Å²) >= 11 is 3.01. The van der Waals surface area contributed by atoms with Crippen molar-refractivity contribution in [2.45, 2.75) is 31.4 Å². The van der Waals surface area contributed by atoms with Crippen molar-refractivity contribution in [1.82, 2.24) is 9.97 Å². The third-order valence-corrected chi connectivity index (χ3v) is 7.08. The van der Waals surface area contributed by atoms with Gasteiger partial charge in [-0.25, -0.2) is 9.78 Å². The second-order valence-electron chi connectivity index (χ2n) is 7.14. The Kier molecular flexibility index (Phi) is 6.57. The minimum absolute atomic E-state index is 0.0786. The number of nitrogens with zero attached hydrogens (tertiary/aromatic N) is 1. The first kappa shape index (κ1) is 21.4. The maximum Gasteiger partial charge on any atom is 0.411 e. The number of aromatic amines is 1. The van der Waals surface area contributed by atoms with Gasteiger partial charge < -0.3 is 15.0 Å². The number of anilines is 2. The number of aromatic nitrogens is 2. The summed E-state index contributed by atoms with van der Waals surface area (Å²) in [5.41, 5.74) is 2.29. The molecule has 0 saturated heterocycles. The second-order valence-corrected chi connectivity index (χ2v) is 9.21. The maximum absolute atomic E-state index is 12.6. The van der Waals surface area contributed by atoms with Crippen molar-refractivity contribution in [1.29, 1.82) is 0 Å². The largest absolute Gasteiger partial charge is 0.453 e. The Bertz CT molecular complexity index is 1170. The number of carbonyl (C=O) groups excluding carboxylic acids is 2. The van der Waals surface area contributed by atoms with Gasteiger partial charge in [-0.3, -0.25) is 14.9 Å². The van der Waals surface area contributed by atoms with Crippen LogP contribution in [-0.2, 0) is 28.1 Å². The van der Waals surface area contributed by atoms with Gasteiger partial charge in [-0.05, 0) is 55.5 Å². The molecule has 4 rings (SSSR count). The molecule has 3 aromatic rings. The lowest BCUT2D eigenvalue weighted by atomic mass is 9.97. The Labute approximate surface area is 186 Å². The average molecular weight is 459 g/mol. The number of carbonyl (C=O) groups is 2. The summed E-state index contributed by atoms with van der Waals surface area (Å²) < 4.78 is 4.53. The molecule has 3 N–H and O–H groups in total. The van der Waals surface area contributed by atoms with Crippen molar-refractivity contribution in [3.63, 3.8) is 0 Å². The van der Waals surface area contributed by atoms with Crippen LogP contribution in [0.5, 0.6) is 0 Å². The number of thiophene rings is 1. The van der Waals surface area contributed by atoms with Gasteiger partial charge in [0.15, 0.2) is 0 Å². The van der Waals surface area contributed by atoms with Crippen LogP contribution in [0.1, 0.15) is 29.1 Å². The van der Waals surface area contributed by atoms with E-state index in [0.717, 1.165) is 29.5 Å². The van der Waals surface area contributed by atoms with E-state index in [-0.39, 0.29) is 17.2 Å². The summed E-state index contributed by atoms with van der Waals surface area (Å²) in [4.78, 5) is 45.6. The fourth-order valence-corrected chi connectivity index (χ4v) is 5.49. The highest BCUT2D eigenvalue weighted by atomic mass is 32.2. The molecule has 2 heterocycles. The van der Waals surface area contributed by atoms with Crippen molar-refractivity contribution < 1.29 is 14.3 Å². The Balaban J connectivity index is 1.32. The molecular weight excluding hydrogens is 436 g/mol. The SMILES string of the molecule is COC(=O)Nc1ccc(NC(=O)CSCc2nc3sc4c(c3c(=O)[nH]2)CCCC4)cc1. The minimum Gasteiger partial charge on any atom is -0.453 e. The van der Waals surface area contributed by atoms with Gasteiger partial charge in [-0.15, -0.1) is 23.1 Å². The van der Waals surface area contributed by atoms with Crippen LogP contribution >= 0.6 is 23.1 Å². The molecule has 0 atom stereocenters. The number of thioether (sulfide) groups is 1. The molecule has 2 aromatic heterocycles. The fraction of sp³-hybridized carbons (Fsp3) is 0.333. The molecule has 0 aliphatic heterocycles. The van der Waals surface area contributed by atoms with Crippen LogP contribution in [0, 0.1) is 0 Å². The van der Waals surface area contributed by atoms with E-state index in [4.69, 9.17) is 0 Å². The molecule has 1 aliphatic carbocycles. The molecule has 0 spiro atoms. The van der Waals surface area contributed by atoms with Crippen LogP contribution in [0.2, 0.25) is 0 Å². The minimum atomic E-state index is -0.555. The first-order valence-electron chi connectivity index (χ1n) is 9.89. The van der Waals surface area contributed by atoms with Crippen molar-refractivity contribution in [3.05, 3.63) is 50.9 Å². The number of rotatable bonds is 6. The summed E-state index contributed by atoms with van der Waals surface area (Å²) in [6.45, 7) is 0. The van der Waals surface area contributed by atoms with Crippen LogP contribution in [0.25, 0.3) is 10.2 Å². The number of H-pyrrole nitrogens is 1. The number of methoxy groups -OCH3 is 1. The summed E-state index contributed by atoms with van der Waals surface area (Å²) in [6, 6.07) is 6.73. The average Bonchev–Trinajstić information content (AvgIpc) is 3.14. The van der Waals surface area contributed by atoms with Gasteiger partial charge in [0.25, 0.3) is 5.56 Å². The lowest BCUT2D eigenvalue weighted by Gasteiger charge is -2.09. The predicted octanol–water partition coefficient (Wildman–Crippen LogP) is 3.91. The lowest BCUT2D eigenvalue weighted by molar-refractivity contribution is -0.113. The zero-order valence-electron chi connectivity index (χ0n) is 16.9. The van der Waals surface area contributed by atoms with Gasteiger partial charge in [-0.2, -0.15) is 0 Å². The topological polar surface area (TPSA) is 113 Å². The maximum atomic E-state index is 12.6. The summed E-state index contributed by atoms with van der Waals surface area (Å²) in [5.74, 6) is 1.11. The number of aryl methyl sites for hydroxylation is 2. The molecule has 0 fully saturated rings. The molecule has 0 radical (unpaired) electrons. The predicted molar refractivity (Wildman–Crippen MR) is 124 cm³/mol. The molecule has 8 nitrogen and oxygen atoms in total. The zero-order valence-corrected chi connectivity index (χ0v) is 18.6. The van der Waals surface area contributed by atoms with Crippen LogP contribution < -0.4 is 16.2 Å². The van der Waals surface area contributed by atoms with Crippen molar-refractivity contribution in [2.75, 3.05) is 23.5 Å². The van der Waals surface area contributed by atoms with Crippen LogP contribution in [-0.4, -0.2) is 34.8 Å². The van der Waals surface area contributed by atoms with Crippen LogP contribution in [0.4, 0.5) is 16.2 Å². The molecule has 10 heteroatoms. The molecular formula is C21H22N4O4S2. The quantitative estimate of drug-likeness (QED) is 0.516. The Morgan fingerprint density at radius 3 is 2.61 bits per heavy atom. The van der Waals surface area contributed by atoms with Gasteiger partial charge >= 0.3 is 6.09 Å². The van der Waals surface area contributed by atoms with Gasteiger partial charge in [-0.1, -0.05) is 0 Å². The van der Waals surface area contributed by atoms with E-state index < -0.39 is 6.09 Å². The number of hydrogen-bond acceptors (Lipinski definition) is 7. The highest BCUT2D eigenvalue weighted by Gasteiger charge is 2.19. The molecule has 31 heavy (non-hydrogen) atoms. The van der Waals surface area contributed by atoms with Gasteiger partial charge in [0, 0.05) is 16.3 Å².